The van der Waals surface area contributed by atoms with E-state index in [9.17, 15) is 4.79 Å². The Balaban J connectivity index is 2.53. The monoisotopic (exact) mass is 317 g/mol. The van der Waals surface area contributed by atoms with Gasteiger partial charge in [0.1, 0.15) is 5.56 Å². The van der Waals surface area contributed by atoms with Gasteiger partial charge in [-0.1, -0.05) is 0 Å². The summed E-state index contributed by atoms with van der Waals surface area (Å²) in [5.41, 5.74) is 4.79. The highest BCUT2D eigenvalue weighted by atomic mass is 16.5. The van der Waals surface area contributed by atoms with Crippen LogP contribution in [0.4, 0.5) is 5.69 Å². The Labute approximate surface area is 137 Å². The summed E-state index contributed by atoms with van der Waals surface area (Å²) < 4.78 is 5.20. The number of aromatic amines is 1. The van der Waals surface area contributed by atoms with Crippen molar-refractivity contribution in [3.05, 3.63) is 35.0 Å². The Hall–Kier alpha value is -2.14. The van der Waals surface area contributed by atoms with Crippen molar-refractivity contribution in [2.24, 2.45) is 0 Å². The molecule has 5 heteroatoms. The third-order valence-electron chi connectivity index (χ3n) is 3.80. The minimum atomic E-state index is -0.301. The Morgan fingerprint density at radius 1 is 1.30 bits per heavy atom. The number of ether oxygens (including phenoxy) is 1. The van der Waals surface area contributed by atoms with E-state index in [2.05, 4.69) is 50.4 Å². The lowest BCUT2D eigenvalue weighted by molar-refractivity contribution is -0.856. The van der Waals surface area contributed by atoms with Crippen LogP contribution < -0.4 is 15.2 Å². The zero-order valence-corrected chi connectivity index (χ0v) is 14.7. The van der Waals surface area contributed by atoms with Crippen LogP contribution in [0.2, 0.25) is 0 Å². The second kappa shape index (κ2) is 7.42. The van der Waals surface area contributed by atoms with Crippen LogP contribution in [0.15, 0.2) is 18.3 Å². The second-order valence-corrected chi connectivity index (χ2v) is 6.19. The zero-order valence-electron chi connectivity index (χ0n) is 14.7. The predicted molar refractivity (Wildman–Crippen MR) is 92.1 cm³/mol. The van der Waals surface area contributed by atoms with Gasteiger partial charge in [0.05, 0.1) is 44.9 Å². The van der Waals surface area contributed by atoms with Gasteiger partial charge >= 0.3 is 5.97 Å². The van der Waals surface area contributed by atoms with Gasteiger partial charge in [0, 0.05) is 5.56 Å². The van der Waals surface area contributed by atoms with Gasteiger partial charge in [-0.15, -0.1) is 0 Å². The van der Waals surface area contributed by atoms with E-state index in [0.29, 0.717) is 12.2 Å². The molecule has 0 aliphatic heterocycles. The van der Waals surface area contributed by atoms with Gasteiger partial charge in [0.15, 0.2) is 6.20 Å². The molecule has 0 fully saturated rings. The molecule has 3 N–H and O–H groups in total. The smallest absolute Gasteiger partial charge is 0.346 e. The molecule has 0 unspecified atom stereocenters. The standard InChI is InChI=1S/C18H25N3O2/c1-6-23-18(22)15-11-20-16-13(3)9-12(2)10-14(16)17(15)19-7-8-21(4)5/h9-11H,6-8H2,1-5H3,(H,19,20)/p+2. The lowest BCUT2D eigenvalue weighted by Crippen LogP contribution is -3.06. The first-order chi connectivity index (χ1) is 10.9. The maximum atomic E-state index is 12.3. The third-order valence-corrected chi connectivity index (χ3v) is 3.80. The van der Waals surface area contributed by atoms with E-state index in [4.69, 9.17) is 4.74 Å². The SMILES string of the molecule is CCOC(=O)c1c[nH+]c2c(C)cc(C)cc2c1NCC[NH+](C)C. The molecule has 0 atom stereocenters. The zero-order chi connectivity index (χ0) is 17.0. The highest BCUT2D eigenvalue weighted by Crippen LogP contribution is 2.27. The van der Waals surface area contributed by atoms with E-state index in [-0.39, 0.29) is 5.97 Å². The van der Waals surface area contributed by atoms with E-state index in [1.165, 1.54) is 10.5 Å². The molecule has 0 aliphatic rings. The average molecular weight is 317 g/mol. The summed E-state index contributed by atoms with van der Waals surface area (Å²) in [7, 11) is 4.22. The van der Waals surface area contributed by atoms with Crippen LogP contribution in [0.5, 0.6) is 0 Å². The molecule has 2 aromatic rings. The number of aryl methyl sites for hydroxylation is 2. The number of carbonyl (C=O) groups excluding carboxylic acids is 1. The van der Waals surface area contributed by atoms with Crippen molar-refractivity contribution in [1.82, 2.24) is 0 Å². The molecule has 0 saturated carbocycles. The average Bonchev–Trinajstić information content (AvgIpc) is 2.47. The Bertz CT molecular complexity index is 711. The lowest BCUT2D eigenvalue weighted by atomic mass is 10.0. The Morgan fingerprint density at radius 2 is 2.04 bits per heavy atom. The van der Waals surface area contributed by atoms with Gasteiger partial charge < -0.3 is 15.0 Å². The van der Waals surface area contributed by atoms with E-state index in [0.717, 1.165) is 35.2 Å². The Kier molecular flexibility index (Phi) is 5.55. The number of H-pyrrole nitrogens is 1. The molecule has 0 spiro atoms. The van der Waals surface area contributed by atoms with Crippen LogP contribution in [-0.4, -0.2) is 39.8 Å². The first-order valence-corrected chi connectivity index (χ1v) is 8.09. The van der Waals surface area contributed by atoms with Crippen molar-refractivity contribution in [3.63, 3.8) is 0 Å². The van der Waals surface area contributed by atoms with Crippen LogP contribution in [-0.2, 0) is 4.74 Å². The fraction of sp³-hybridized carbons (Fsp3) is 0.444. The number of hydrogen-bond acceptors (Lipinski definition) is 3. The Morgan fingerprint density at radius 3 is 2.70 bits per heavy atom. The van der Waals surface area contributed by atoms with Crippen LogP contribution in [0.1, 0.15) is 28.4 Å². The first-order valence-electron chi connectivity index (χ1n) is 8.09. The molecule has 0 amide bonds. The molecular weight excluding hydrogens is 290 g/mol. The number of carbonyl (C=O) groups is 1. The predicted octanol–water partition coefficient (Wildman–Crippen LogP) is 1.00. The van der Waals surface area contributed by atoms with E-state index in [1.54, 1.807) is 6.20 Å². The molecule has 0 aliphatic carbocycles. The quantitative estimate of drug-likeness (QED) is 0.782. The molecule has 1 aromatic heterocycles. The maximum absolute atomic E-state index is 12.3. The molecule has 23 heavy (non-hydrogen) atoms. The molecule has 0 bridgehead atoms. The number of esters is 1. The van der Waals surface area contributed by atoms with Gasteiger partial charge in [0.25, 0.3) is 0 Å². The number of nitrogens with one attached hydrogen (secondary N) is 3. The summed E-state index contributed by atoms with van der Waals surface area (Å²) in [6.45, 7) is 8.08. The molecule has 0 radical (unpaired) electrons. The summed E-state index contributed by atoms with van der Waals surface area (Å²) in [6, 6.07) is 4.24. The number of likely N-dealkylation sites (N-methyl/N-ethyl adjacent to an activating group) is 1. The van der Waals surface area contributed by atoms with Crippen molar-refractivity contribution in [2.45, 2.75) is 20.8 Å². The van der Waals surface area contributed by atoms with Crippen molar-refractivity contribution in [3.8, 4) is 0 Å². The minimum Gasteiger partial charge on any atom is -0.462 e. The molecular formula is C18H27N3O2+2. The fourth-order valence-electron chi connectivity index (χ4n) is 2.72. The van der Waals surface area contributed by atoms with Crippen LogP contribution >= 0.6 is 0 Å². The van der Waals surface area contributed by atoms with E-state index >= 15 is 0 Å². The molecule has 124 valence electrons. The van der Waals surface area contributed by atoms with Gasteiger partial charge in [-0.25, -0.2) is 9.78 Å². The number of hydrogen-bond donors (Lipinski definition) is 2. The number of benzene rings is 1. The van der Waals surface area contributed by atoms with Crippen LogP contribution in [0, 0.1) is 13.8 Å². The summed E-state index contributed by atoms with van der Waals surface area (Å²) in [4.78, 5) is 16.9. The summed E-state index contributed by atoms with van der Waals surface area (Å²) in [5.74, 6) is -0.301. The van der Waals surface area contributed by atoms with Crippen LogP contribution in [0.25, 0.3) is 10.9 Å². The van der Waals surface area contributed by atoms with Gasteiger partial charge in [-0.05, 0) is 38.5 Å². The molecule has 1 heterocycles. The summed E-state index contributed by atoms with van der Waals surface area (Å²) in [5, 5.41) is 4.47. The van der Waals surface area contributed by atoms with Crippen molar-refractivity contribution >= 4 is 22.6 Å². The molecule has 2 rings (SSSR count). The fourth-order valence-corrected chi connectivity index (χ4v) is 2.72. The normalized spacial score (nSPS) is 11.0. The summed E-state index contributed by atoms with van der Waals surface area (Å²) >= 11 is 0. The topological polar surface area (TPSA) is 56.9 Å². The minimum absolute atomic E-state index is 0.301. The highest BCUT2D eigenvalue weighted by molar-refractivity contribution is 6.04. The van der Waals surface area contributed by atoms with Crippen molar-refractivity contribution in [1.29, 1.82) is 0 Å². The van der Waals surface area contributed by atoms with Gasteiger partial charge in [-0.2, -0.15) is 0 Å². The number of fused-ring (bicyclic) bond motifs is 1. The first kappa shape index (κ1) is 17.2. The molecule has 5 nitrogen and oxygen atoms in total. The number of rotatable bonds is 6. The highest BCUT2D eigenvalue weighted by Gasteiger charge is 2.21. The largest absolute Gasteiger partial charge is 0.462 e. The van der Waals surface area contributed by atoms with Gasteiger partial charge in [0.2, 0.25) is 5.52 Å². The van der Waals surface area contributed by atoms with Crippen molar-refractivity contribution < 1.29 is 19.4 Å². The molecule has 0 saturated heterocycles. The summed E-state index contributed by atoms with van der Waals surface area (Å²) in [6.07, 6.45) is 1.74. The third kappa shape index (κ3) is 3.99. The number of anilines is 1. The second-order valence-electron chi connectivity index (χ2n) is 6.19. The van der Waals surface area contributed by atoms with Crippen LogP contribution in [0.3, 0.4) is 0 Å². The number of aromatic nitrogens is 1. The van der Waals surface area contributed by atoms with E-state index < -0.39 is 0 Å². The maximum Gasteiger partial charge on any atom is 0.346 e. The van der Waals surface area contributed by atoms with Gasteiger partial charge in [-0.3, -0.25) is 0 Å². The van der Waals surface area contributed by atoms with E-state index in [1.807, 2.05) is 6.92 Å². The van der Waals surface area contributed by atoms with Crippen molar-refractivity contribution in [2.75, 3.05) is 39.1 Å². The lowest BCUT2D eigenvalue weighted by Gasteiger charge is -2.14. The number of pyridine rings is 1. The molecule has 1 aromatic carbocycles. The number of quaternary nitrogens is 1.